The van der Waals surface area contributed by atoms with E-state index in [0.717, 1.165) is 6.42 Å². The topological polar surface area (TPSA) is 38.3 Å². The van der Waals surface area contributed by atoms with Crippen molar-refractivity contribution in [2.75, 3.05) is 7.11 Å². The van der Waals surface area contributed by atoms with Crippen molar-refractivity contribution >= 4 is 5.97 Å². The maximum Gasteiger partial charge on any atom is 0.330 e. The maximum atomic E-state index is 13.4. The summed E-state index contributed by atoms with van der Waals surface area (Å²) in [7, 11) is 1.35. The molecule has 0 saturated carbocycles. The molecule has 0 aromatic heterocycles. The number of ether oxygens (including phenoxy) is 1. The summed E-state index contributed by atoms with van der Waals surface area (Å²) in [4.78, 5) is 12.2. The zero-order chi connectivity index (χ0) is 14.5. The molecule has 0 saturated heterocycles. The molecule has 0 aliphatic heterocycles. The number of rotatable bonds is 6. The van der Waals surface area contributed by atoms with Gasteiger partial charge < -0.3 is 4.74 Å². The van der Waals surface area contributed by atoms with Gasteiger partial charge in [0.1, 0.15) is 11.4 Å². The summed E-state index contributed by atoms with van der Waals surface area (Å²) in [6.07, 6.45) is 1.36. The van der Waals surface area contributed by atoms with E-state index in [1.165, 1.54) is 19.2 Å². The lowest BCUT2D eigenvalue weighted by Gasteiger charge is -2.34. The van der Waals surface area contributed by atoms with Crippen LogP contribution < -0.4 is 5.32 Å². The molecule has 19 heavy (non-hydrogen) atoms. The van der Waals surface area contributed by atoms with Crippen molar-refractivity contribution in [3.8, 4) is 0 Å². The van der Waals surface area contributed by atoms with Gasteiger partial charge in [-0.3, -0.25) is 5.32 Å². The monoisotopic (exact) mass is 267 g/mol. The van der Waals surface area contributed by atoms with Crippen molar-refractivity contribution in [2.24, 2.45) is 0 Å². The molecule has 0 aliphatic rings. The first-order valence-corrected chi connectivity index (χ1v) is 6.62. The second-order valence-corrected chi connectivity index (χ2v) is 4.71. The highest BCUT2D eigenvalue weighted by Gasteiger charge is 2.40. The fraction of sp³-hybridized carbons (Fsp3) is 0.533. The summed E-state index contributed by atoms with van der Waals surface area (Å²) in [5, 5.41) is 3.28. The number of carbonyl (C=O) groups excluding carboxylic acids is 1. The number of esters is 1. The minimum absolute atomic E-state index is 0.127. The predicted molar refractivity (Wildman–Crippen MR) is 73.3 cm³/mol. The highest BCUT2D eigenvalue weighted by molar-refractivity contribution is 5.82. The zero-order valence-electron chi connectivity index (χ0n) is 12.0. The third-order valence-corrected chi connectivity index (χ3v) is 3.49. The molecule has 0 heterocycles. The second-order valence-electron chi connectivity index (χ2n) is 4.71. The number of halogens is 1. The Hall–Kier alpha value is -1.42. The first-order chi connectivity index (χ1) is 9.00. The Morgan fingerprint density at radius 3 is 2.63 bits per heavy atom. The van der Waals surface area contributed by atoms with Crippen LogP contribution in [0, 0.1) is 5.82 Å². The smallest absolute Gasteiger partial charge is 0.330 e. The fourth-order valence-corrected chi connectivity index (χ4v) is 2.16. The van der Waals surface area contributed by atoms with Gasteiger partial charge in [-0.05, 0) is 37.5 Å². The Balaban J connectivity index is 3.27. The van der Waals surface area contributed by atoms with Gasteiger partial charge in [-0.15, -0.1) is 0 Å². The number of hydrogen-bond donors (Lipinski definition) is 1. The Morgan fingerprint density at radius 1 is 1.47 bits per heavy atom. The van der Waals surface area contributed by atoms with Crippen molar-refractivity contribution in [1.29, 1.82) is 0 Å². The largest absolute Gasteiger partial charge is 0.467 e. The number of hydrogen-bond acceptors (Lipinski definition) is 3. The van der Waals surface area contributed by atoms with E-state index in [2.05, 4.69) is 5.32 Å². The Labute approximate surface area is 114 Å². The normalized spacial score (nSPS) is 15.6. The van der Waals surface area contributed by atoms with Gasteiger partial charge in [-0.25, -0.2) is 9.18 Å². The molecule has 0 spiro atoms. The van der Waals surface area contributed by atoms with E-state index in [4.69, 9.17) is 4.74 Å². The number of benzene rings is 1. The van der Waals surface area contributed by atoms with Gasteiger partial charge in [0.15, 0.2) is 0 Å². The van der Waals surface area contributed by atoms with Crippen LogP contribution in [0.2, 0.25) is 0 Å². The Kier molecular flexibility index (Phi) is 5.48. The van der Waals surface area contributed by atoms with Crippen molar-refractivity contribution in [1.82, 2.24) is 5.32 Å². The number of nitrogens with one attached hydrogen (secondary N) is 1. The summed E-state index contributed by atoms with van der Waals surface area (Å²) in [6, 6.07) is 6.23. The van der Waals surface area contributed by atoms with E-state index in [0.29, 0.717) is 12.0 Å². The lowest BCUT2D eigenvalue weighted by Crippen LogP contribution is -2.52. The third kappa shape index (κ3) is 3.32. The molecule has 0 bridgehead atoms. The molecule has 2 atom stereocenters. The maximum absolute atomic E-state index is 13.4. The second kappa shape index (κ2) is 6.66. The van der Waals surface area contributed by atoms with Gasteiger partial charge in [0.2, 0.25) is 0 Å². The molecule has 1 aromatic carbocycles. The quantitative estimate of drug-likeness (QED) is 0.805. The standard InChI is InChI=1S/C15H22FNO2/c1-5-11(3)17-15(6-2,14(18)19-4)12-8-7-9-13(16)10-12/h7-11,17H,5-6H2,1-4H3. The molecule has 0 aliphatic carbocycles. The molecule has 4 heteroatoms. The Morgan fingerprint density at radius 2 is 2.16 bits per heavy atom. The van der Waals surface area contributed by atoms with Crippen molar-refractivity contribution < 1.29 is 13.9 Å². The van der Waals surface area contributed by atoms with Crippen LogP contribution in [0.1, 0.15) is 39.2 Å². The van der Waals surface area contributed by atoms with E-state index in [1.54, 1.807) is 12.1 Å². The lowest BCUT2D eigenvalue weighted by molar-refractivity contribution is -0.149. The molecule has 106 valence electrons. The van der Waals surface area contributed by atoms with Crippen molar-refractivity contribution in [2.45, 2.75) is 45.2 Å². The van der Waals surface area contributed by atoms with Gasteiger partial charge in [0, 0.05) is 6.04 Å². The molecule has 2 unspecified atom stereocenters. The van der Waals surface area contributed by atoms with Gasteiger partial charge in [-0.1, -0.05) is 26.0 Å². The molecular formula is C15H22FNO2. The van der Waals surface area contributed by atoms with Gasteiger partial charge in [-0.2, -0.15) is 0 Å². The van der Waals surface area contributed by atoms with Crippen LogP contribution in [0.5, 0.6) is 0 Å². The van der Waals surface area contributed by atoms with E-state index >= 15 is 0 Å². The third-order valence-electron chi connectivity index (χ3n) is 3.49. The molecule has 0 radical (unpaired) electrons. The van der Waals surface area contributed by atoms with Crippen LogP contribution in [0.15, 0.2) is 24.3 Å². The van der Waals surface area contributed by atoms with Crippen LogP contribution in [-0.4, -0.2) is 19.1 Å². The van der Waals surface area contributed by atoms with Crippen LogP contribution >= 0.6 is 0 Å². The zero-order valence-corrected chi connectivity index (χ0v) is 12.0. The SMILES string of the molecule is CCC(C)NC(CC)(C(=O)OC)c1cccc(F)c1. The molecular weight excluding hydrogens is 245 g/mol. The average Bonchev–Trinajstić information content (AvgIpc) is 2.43. The minimum Gasteiger partial charge on any atom is -0.467 e. The highest BCUT2D eigenvalue weighted by atomic mass is 19.1. The van der Waals surface area contributed by atoms with Gasteiger partial charge >= 0.3 is 5.97 Å². The molecule has 0 amide bonds. The predicted octanol–water partition coefficient (Wildman–Crippen LogP) is 2.99. The van der Waals surface area contributed by atoms with Gasteiger partial charge in [0.05, 0.1) is 7.11 Å². The minimum atomic E-state index is -0.994. The summed E-state index contributed by atoms with van der Waals surface area (Å²) in [6.45, 7) is 5.91. The summed E-state index contributed by atoms with van der Waals surface area (Å²) < 4.78 is 18.4. The molecule has 1 aromatic rings. The summed E-state index contributed by atoms with van der Waals surface area (Å²) in [5.74, 6) is -0.744. The molecule has 3 nitrogen and oxygen atoms in total. The molecule has 0 fully saturated rings. The highest BCUT2D eigenvalue weighted by Crippen LogP contribution is 2.28. The number of carbonyl (C=O) groups is 1. The van der Waals surface area contributed by atoms with E-state index in [1.807, 2.05) is 20.8 Å². The van der Waals surface area contributed by atoms with Crippen LogP contribution in [0.4, 0.5) is 4.39 Å². The lowest BCUT2D eigenvalue weighted by atomic mass is 9.86. The van der Waals surface area contributed by atoms with Gasteiger partial charge in [0.25, 0.3) is 0 Å². The summed E-state index contributed by atoms with van der Waals surface area (Å²) in [5.41, 5.74) is -0.395. The summed E-state index contributed by atoms with van der Waals surface area (Å²) >= 11 is 0. The van der Waals surface area contributed by atoms with Crippen LogP contribution in [-0.2, 0) is 15.1 Å². The Bertz CT molecular complexity index is 436. The van der Waals surface area contributed by atoms with Crippen LogP contribution in [0.3, 0.4) is 0 Å². The van der Waals surface area contributed by atoms with E-state index < -0.39 is 5.54 Å². The fourth-order valence-electron chi connectivity index (χ4n) is 2.16. The number of methoxy groups -OCH3 is 1. The van der Waals surface area contributed by atoms with Crippen molar-refractivity contribution in [3.63, 3.8) is 0 Å². The molecule has 1 N–H and O–H groups in total. The average molecular weight is 267 g/mol. The molecule has 1 rings (SSSR count). The van der Waals surface area contributed by atoms with Crippen molar-refractivity contribution in [3.05, 3.63) is 35.6 Å². The first kappa shape index (κ1) is 15.6. The van der Waals surface area contributed by atoms with E-state index in [-0.39, 0.29) is 17.8 Å². The van der Waals surface area contributed by atoms with E-state index in [9.17, 15) is 9.18 Å². The van der Waals surface area contributed by atoms with Crippen LogP contribution in [0.25, 0.3) is 0 Å². The first-order valence-electron chi connectivity index (χ1n) is 6.62.